The lowest BCUT2D eigenvalue weighted by atomic mass is 10.0. The van der Waals surface area contributed by atoms with Crippen LogP contribution in [0.2, 0.25) is 5.02 Å². The number of aromatic amines is 2. The van der Waals surface area contributed by atoms with Gasteiger partial charge in [-0.2, -0.15) is 9.82 Å². The first-order chi connectivity index (χ1) is 40.1. The van der Waals surface area contributed by atoms with Gasteiger partial charge in [0, 0.05) is 57.8 Å². The molecular formula is C63H58Cl2FN10O6S+. The Morgan fingerprint density at radius 1 is 0.807 bits per heavy atom. The van der Waals surface area contributed by atoms with Crippen molar-refractivity contribution in [2.45, 2.75) is 33.1 Å². The van der Waals surface area contributed by atoms with E-state index in [0.717, 1.165) is 17.2 Å². The van der Waals surface area contributed by atoms with Crippen LogP contribution in [0.3, 0.4) is 0 Å². The Morgan fingerprint density at radius 2 is 1.41 bits per heavy atom. The number of benzene rings is 3. The largest absolute Gasteiger partial charge is 0.347 e. The standard InChI is InChI=1S/C63H57Cl2FN10O6S/c1-6-9-27-50(45(5)64)53-39-70-73-59(53)48-35-57(62(78)68-37-46-23-13-11-14-24-46)74(41-48)34-22-20-32-72-83(80,81)44(4)43-82-76-60(54(40-71-76)51-29-17-18-30-55(51)65)49-36-58(63(79)69-38-47-25-15-12-16-26-47)75(42-49)33-21-19-31-67-61(77)52(28-10-7-2)56(66)8-3/h6-18,23-30,35-36,39-42,72H,2-5,31-34,37-38,43H2,1H3,(H4,67,68,69,70,73,77,78,79)/p+1. The second-order valence-electron chi connectivity index (χ2n) is 17.9. The molecule has 0 bridgehead atoms. The van der Waals surface area contributed by atoms with Crippen LogP contribution >= 0.6 is 23.2 Å². The number of nitrogens with one attached hydrogen (secondary N) is 6. The van der Waals surface area contributed by atoms with Gasteiger partial charge in [-0.25, -0.2) is 17.6 Å². The number of aromatic nitrogens is 6. The highest BCUT2D eigenvalue weighted by atomic mass is 35.5. The number of sulfonamides is 1. The molecule has 20 heteroatoms. The van der Waals surface area contributed by atoms with Crippen molar-refractivity contribution in [2.24, 2.45) is 0 Å². The molecule has 0 unspecified atom stereocenters. The number of hydrogen-bond acceptors (Lipinski definition) is 7. The van der Waals surface area contributed by atoms with E-state index in [2.05, 4.69) is 86.0 Å². The SMILES string of the molecule is C=CC=CC(C(=O)NCC#CCn1cc(-c2c(-c3ccccc3Cl)c[nH][n+]2OCC(=C)S(=O)(=O)NCC#CCn2cc(-c3[nH]ncc3C(=CC=CC)C(=C)Cl)cc2C(=O)NCc2ccccc2)cc1C(=O)NCc1ccccc1)=C(F)C=C. The first-order valence-electron chi connectivity index (χ1n) is 25.6. The van der Waals surface area contributed by atoms with Crippen molar-refractivity contribution in [2.75, 3.05) is 19.7 Å². The number of H-pyrrole nitrogens is 2. The van der Waals surface area contributed by atoms with Crippen LogP contribution in [0.4, 0.5) is 4.39 Å². The number of carbonyl (C=O) groups excluding carboxylic acids is 3. The van der Waals surface area contributed by atoms with E-state index in [1.165, 1.54) is 23.1 Å². The van der Waals surface area contributed by atoms with E-state index in [0.29, 0.717) is 54.8 Å². The molecule has 0 atom stereocenters. The number of nitrogens with zero attached hydrogens (tertiary/aromatic N) is 4. The van der Waals surface area contributed by atoms with E-state index in [4.69, 9.17) is 28.0 Å². The van der Waals surface area contributed by atoms with Crippen LogP contribution in [0, 0.1) is 23.7 Å². The minimum atomic E-state index is -4.25. The van der Waals surface area contributed by atoms with Crippen LogP contribution in [-0.2, 0) is 41.0 Å². The molecule has 0 aliphatic heterocycles. The van der Waals surface area contributed by atoms with Crippen molar-refractivity contribution < 1.29 is 36.9 Å². The molecule has 4 heterocycles. The fraction of sp³-hybridized carbons (Fsp3) is 0.127. The fourth-order valence-corrected chi connectivity index (χ4v) is 9.21. The molecule has 16 nitrogen and oxygen atoms in total. The van der Waals surface area contributed by atoms with Crippen molar-refractivity contribution in [1.82, 2.24) is 45.1 Å². The van der Waals surface area contributed by atoms with Crippen LogP contribution in [0.5, 0.6) is 0 Å². The third kappa shape index (κ3) is 16.3. The Labute approximate surface area is 491 Å². The number of rotatable bonds is 25. The first-order valence-corrected chi connectivity index (χ1v) is 27.8. The molecule has 7 rings (SSSR count). The normalized spacial score (nSPS) is 11.7. The predicted molar refractivity (Wildman–Crippen MR) is 324 cm³/mol. The van der Waals surface area contributed by atoms with Gasteiger partial charge in [-0.3, -0.25) is 19.5 Å². The number of allylic oxidation sites excluding steroid dienone is 9. The summed E-state index contributed by atoms with van der Waals surface area (Å²) in [5, 5.41) is 19.5. The average Bonchev–Trinajstić information content (AvgIpc) is 4.53. The molecule has 0 spiro atoms. The van der Waals surface area contributed by atoms with Gasteiger partial charge in [0.25, 0.3) is 17.7 Å². The van der Waals surface area contributed by atoms with Crippen LogP contribution in [-0.4, -0.2) is 70.3 Å². The third-order valence-corrected chi connectivity index (χ3v) is 14.2. The van der Waals surface area contributed by atoms with E-state index >= 15 is 0 Å². The lowest BCUT2D eigenvalue weighted by molar-refractivity contribution is -0.922. The van der Waals surface area contributed by atoms with Gasteiger partial charge in [-0.05, 0) is 48.4 Å². The number of carbonyl (C=O) groups is 3. The molecule has 0 saturated carbocycles. The smallest absolute Gasteiger partial charge is 0.305 e. The first kappa shape index (κ1) is 60.9. The van der Waals surface area contributed by atoms with E-state index in [1.54, 1.807) is 70.3 Å². The highest BCUT2D eigenvalue weighted by molar-refractivity contribution is 7.93. The highest BCUT2D eigenvalue weighted by Crippen LogP contribution is 2.36. The highest BCUT2D eigenvalue weighted by Gasteiger charge is 2.31. The molecule has 0 radical (unpaired) electrons. The van der Waals surface area contributed by atoms with Crippen molar-refractivity contribution in [3.05, 3.63) is 245 Å². The number of amides is 3. The lowest BCUT2D eigenvalue weighted by Gasteiger charge is -2.07. The maximum Gasteiger partial charge on any atom is 0.305 e. The van der Waals surface area contributed by atoms with Crippen LogP contribution < -0.4 is 30.4 Å². The van der Waals surface area contributed by atoms with E-state index < -0.39 is 34.3 Å². The molecule has 0 saturated heterocycles. The third-order valence-electron chi connectivity index (χ3n) is 12.3. The predicted octanol–water partition coefficient (Wildman–Crippen LogP) is 9.69. The molecule has 0 aliphatic carbocycles. The summed E-state index contributed by atoms with van der Waals surface area (Å²) in [4.78, 5) is 47.6. The fourth-order valence-electron chi connectivity index (χ4n) is 8.13. The van der Waals surface area contributed by atoms with Gasteiger partial charge in [0.2, 0.25) is 10.0 Å². The van der Waals surface area contributed by atoms with Crippen molar-refractivity contribution in [1.29, 1.82) is 0 Å². The zero-order valence-electron chi connectivity index (χ0n) is 45.1. The summed E-state index contributed by atoms with van der Waals surface area (Å²) >= 11 is 13.2. The minimum Gasteiger partial charge on any atom is -0.347 e. The van der Waals surface area contributed by atoms with Crippen LogP contribution in [0.25, 0.3) is 39.2 Å². The second-order valence-corrected chi connectivity index (χ2v) is 20.6. The molecule has 7 aromatic rings. The summed E-state index contributed by atoms with van der Waals surface area (Å²) in [6, 6.07) is 29.2. The maximum atomic E-state index is 14.4. The molecule has 4 aromatic heterocycles. The molecule has 422 valence electrons. The summed E-state index contributed by atoms with van der Waals surface area (Å²) in [6.07, 6.45) is 17.1. The topological polar surface area (TPSA) is 201 Å². The molecule has 6 N–H and O–H groups in total. The van der Waals surface area contributed by atoms with Gasteiger partial charge < -0.3 is 25.1 Å². The lowest BCUT2D eigenvalue weighted by Crippen LogP contribution is -2.47. The van der Waals surface area contributed by atoms with Gasteiger partial charge >= 0.3 is 5.69 Å². The Balaban J connectivity index is 1.10. The maximum absolute atomic E-state index is 14.4. The Morgan fingerprint density at radius 3 is 2.01 bits per heavy atom. The summed E-state index contributed by atoms with van der Waals surface area (Å²) in [6.45, 7) is 16.0. The van der Waals surface area contributed by atoms with E-state index in [-0.39, 0.29) is 67.0 Å². The number of halogens is 3. The summed E-state index contributed by atoms with van der Waals surface area (Å²) < 4.78 is 47.5. The van der Waals surface area contributed by atoms with E-state index in [9.17, 15) is 27.2 Å². The molecule has 0 fully saturated rings. The molecule has 0 aliphatic rings. The second kappa shape index (κ2) is 29.7. The zero-order valence-corrected chi connectivity index (χ0v) is 47.5. The van der Waals surface area contributed by atoms with Gasteiger partial charge in [-0.1, -0.05) is 182 Å². The molecule has 3 aromatic carbocycles. The molecular weight excluding hydrogens is 1110 g/mol. The Bertz CT molecular complexity index is 3940. The van der Waals surface area contributed by atoms with Gasteiger partial charge in [0.1, 0.15) is 22.1 Å². The van der Waals surface area contributed by atoms with E-state index in [1.807, 2.05) is 85.8 Å². The van der Waals surface area contributed by atoms with Crippen LogP contribution in [0.15, 0.2) is 212 Å². The zero-order chi connectivity index (χ0) is 59.3. The van der Waals surface area contributed by atoms with Crippen molar-refractivity contribution in [3.63, 3.8) is 0 Å². The summed E-state index contributed by atoms with van der Waals surface area (Å²) in [5.74, 6) is 9.27. The average molecular weight is 1170 g/mol. The van der Waals surface area contributed by atoms with Crippen molar-refractivity contribution >= 4 is 56.5 Å². The Kier molecular flexibility index (Phi) is 21.8. The van der Waals surface area contributed by atoms with Crippen LogP contribution in [0.1, 0.15) is 44.6 Å². The minimum absolute atomic E-state index is 0.00176. The van der Waals surface area contributed by atoms with Gasteiger partial charge in [0.05, 0.1) is 65.9 Å². The molecule has 83 heavy (non-hydrogen) atoms. The molecule has 3 amide bonds. The summed E-state index contributed by atoms with van der Waals surface area (Å²) in [7, 11) is -4.25. The summed E-state index contributed by atoms with van der Waals surface area (Å²) in [5.41, 5.74) is 6.39. The van der Waals surface area contributed by atoms with Crippen molar-refractivity contribution in [3.8, 4) is 57.3 Å². The number of hydrogen-bond donors (Lipinski definition) is 6. The monoisotopic (exact) mass is 1170 g/mol. The van der Waals surface area contributed by atoms with Gasteiger partial charge in [-0.15, -0.1) is 5.10 Å². The Hall–Kier alpha value is -9.69. The van der Waals surface area contributed by atoms with Gasteiger partial charge in [0.15, 0.2) is 6.61 Å². The quantitative estimate of drug-likeness (QED) is 0.0142.